The third kappa shape index (κ3) is 3.01. The first-order valence-electron chi connectivity index (χ1n) is 6.03. The van der Waals surface area contributed by atoms with E-state index in [9.17, 15) is 13.9 Å². The van der Waals surface area contributed by atoms with Gasteiger partial charge in [0.2, 0.25) is 0 Å². The molecule has 0 aliphatic carbocycles. The fourth-order valence-electron chi connectivity index (χ4n) is 2.05. The zero-order valence-electron chi connectivity index (χ0n) is 11.4. The second kappa shape index (κ2) is 6.41. The van der Waals surface area contributed by atoms with Crippen LogP contribution < -0.4 is 9.47 Å². The van der Waals surface area contributed by atoms with Crippen molar-refractivity contribution < 1.29 is 23.4 Å². The molecule has 112 valence electrons. The van der Waals surface area contributed by atoms with Crippen molar-refractivity contribution in [3.8, 4) is 11.5 Å². The van der Waals surface area contributed by atoms with Gasteiger partial charge in [-0.3, -0.25) is 0 Å². The summed E-state index contributed by atoms with van der Waals surface area (Å²) < 4.78 is 37.9. The molecule has 0 radical (unpaired) electrons. The number of methoxy groups -OCH3 is 2. The lowest BCUT2D eigenvalue weighted by molar-refractivity contribution is 0.203. The highest BCUT2D eigenvalue weighted by Crippen LogP contribution is 2.38. The second-order valence-electron chi connectivity index (χ2n) is 4.27. The Bertz CT molecular complexity index is 639. The fourth-order valence-corrected chi connectivity index (χ4v) is 2.37. The minimum atomic E-state index is -1.42. The molecule has 0 aromatic heterocycles. The summed E-state index contributed by atoms with van der Waals surface area (Å²) >= 11 is 2.90. The van der Waals surface area contributed by atoms with Crippen LogP contribution in [0.2, 0.25) is 0 Å². The number of hydrogen-bond donors (Lipinski definition) is 1. The van der Waals surface area contributed by atoms with Crippen molar-refractivity contribution in [3.05, 3.63) is 57.6 Å². The Hall–Kier alpha value is -1.66. The topological polar surface area (TPSA) is 38.7 Å². The average molecular weight is 359 g/mol. The fraction of sp³-hybridized carbons (Fsp3) is 0.200. The molecule has 0 spiro atoms. The SMILES string of the molecule is COc1cccc(OC)c1C(O)c1cc(F)c(Br)cc1F. The maximum atomic E-state index is 14.0. The van der Waals surface area contributed by atoms with Crippen molar-refractivity contribution in [1.29, 1.82) is 0 Å². The summed E-state index contributed by atoms with van der Waals surface area (Å²) in [6.07, 6.45) is -1.42. The molecule has 1 atom stereocenters. The average Bonchev–Trinajstić information content (AvgIpc) is 2.49. The maximum Gasteiger partial charge on any atom is 0.137 e. The molecule has 3 nitrogen and oxygen atoms in total. The molecule has 6 heteroatoms. The van der Waals surface area contributed by atoms with Crippen molar-refractivity contribution in [2.24, 2.45) is 0 Å². The molecule has 2 rings (SSSR count). The first-order chi connectivity index (χ1) is 9.99. The molecule has 0 heterocycles. The lowest BCUT2D eigenvalue weighted by Gasteiger charge is -2.19. The summed E-state index contributed by atoms with van der Waals surface area (Å²) in [7, 11) is 2.84. The number of rotatable bonds is 4. The molecule has 2 aromatic rings. The number of aliphatic hydroxyl groups is 1. The van der Waals surface area contributed by atoms with Gasteiger partial charge in [-0.2, -0.15) is 0 Å². The van der Waals surface area contributed by atoms with Crippen molar-refractivity contribution in [2.75, 3.05) is 14.2 Å². The molecule has 0 saturated carbocycles. The Morgan fingerprint density at radius 1 is 1.05 bits per heavy atom. The van der Waals surface area contributed by atoms with Gasteiger partial charge in [-0.05, 0) is 40.2 Å². The standard InChI is InChI=1S/C15H13BrF2O3/c1-20-12-4-3-5-13(21-2)14(12)15(19)8-6-11(18)9(16)7-10(8)17/h3-7,15,19H,1-2H3. The molecule has 0 aliphatic rings. The summed E-state index contributed by atoms with van der Waals surface area (Å²) in [6, 6.07) is 6.79. The van der Waals surface area contributed by atoms with Gasteiger partial charge >= 0.3 is 0 Å². The predicted octanol–water partition coefficient (Wildman–Crippen LogP) is 3.83. The molecule has 2 aromatic carbocycles. The molecular weight excluding hydrogens is 346 g/mol. The Morgan fingerprint density at radius 2 is 1.62 bits per heavy atom. The van der Waals surface area contributed by atoms with E-state index in [2.05, 4.69) is 15.9 Å². The molecule has 0 aliphatic heterocycles. The minimum Gasteiger partial charge on any atom is -0.496 e. The molecule has 1 N–H and O–H groups in total. The molecule has 0 saturated heterocycles. The van der Waals surface area contributed by atoms with Gasteiger partial charge in [0, 0.05) is 5.56 Å². The molecule has 0 amide bonds. The third-order valence-electron chi connectivity index (χ3n) is 3.07. The number of aliphatic hydroxyl groups excluding tert-OH is 1. The van der Waals surface area contributed by atoms with Crippen LogP contribution in [0.4, 0.5) is 8.78 Å². The van der Waals surface area contributed by atoms with Crippen LogP contribution in [0.5, 0.6) is 11.5 Å². The van der Waals surface area contributed by atoms with E-state index in [0.29, 0.717) is 11.5 Å². The summed E-state index contributed by atoms with van der Waals surface area (Å²) in [5, 5.41) is 10.4. The van der Waals surface area contributed by atoms with Crippen LogP contribution in [0.25, 0.3) is 0 Å². The van der Waals surface area contributed by atoms with Crippen molar-refractivity contribution in [3.63, 3.8) is 0 Å². The molecule has 0 fully saturated rings. The van der Waals surface area contributed by atoms with E-state index in [-0.39, 0.29) is 15.6 Å². The van der Waals surface area contributed by atoms with Gasteiger partial charge in [-0.15, -0.1) is 0 Å². The minimum absolute atomic E-state index is 0.0112. The van der Waals surface area contributed by atoms with Gasteiger partial charge in [0.15, 0.2) is 0 Å². The number of hydrogen-bond acceptors (Lipinski definition) is 3. The first kappa shape index (κ1) is 15.7. The lowest BCUT2D eigenvalue weighted by atomic mass is 9.99. The van der Waals surface area contributed by atoms with E-state index in [4.69, 9.17) is 9.47 Å². The van der Waals surface area contributed by atoms with E-state index in [1.54, 1.807) is 18.2 Å². The van der Waals surface area contributed by atoms with Crippen molar-refractivity contribution in [2.45, 2.75) is 6.10 Å². The molecule has 1 unspecified atom stereocenters. The van der Waals surface area contributed by atoms with Crippen molar-refractivity contribution in [1.82, 2.24) is 0 Å². The zero-order chi connectivity index (χ0) is 15.6. The molecule has 21 heavy (non-hydrogen) atoms. The summed E-state index contributed by atoms with van der Waals surface area (Å²) in [4.78, 5) is 0. The van der Waals surface area contributed by atoms with Gasteiger partial charge in [0.05, 0.1) is 24.3 Å². The highest BCUT2D eigenvalue weighted by molar-refractivity contribution is 9.10. The largest absolute Gasteiger partial charge is 0.496 e. The quantitative estimate of drug-likeness (QED) is 0.844. The van der Waals surface area contributed by atoms with E-state index < -0.39 is 17.7 Å². The Balaban J connectivity index is 2.59. The maximum absolute atomic E-state index is 14.0. The lowest BCUT2D eigenvalue weighted by Crippen LogP contribution is -2.07. The smallest absolute Gasteiger partial charge is 0.137 e. The van der Waals surface area contributed by atoms with Crippen LogP contribution in [0.15, 0.2) is 34.8 Å². The highest BCUT2D eigenvalue weighted by Gasteiger charge is 2.24. The van der Waals surface area contributed by atoms with E-state index >= 15 is 0 Å². The van der Waals surface area contributed by atoms with Crippen LogP contribution in [0, 0.1) is 11.6 Å². The van der Waals surface area contributed by atoms with Gasteiger partial charge in [0.25, 0.3) is 0 Å². The summed E-state index contributed by atoms with van der Waals surface area (Å²) in [5.74, 6) is -0.753. The van der Waals surface area contributed by atoms with Crippen LogP contribution in [0.1, 0.15) is 17.2 Å². The van der Waals surface area contributed by atoms with E-state index in [1.165, 1.54) is 14.2 Å². The van der Waals surface area contributed by atoms with Crippen LogP contribution in [-0.2, 0) is 0 Å². The monoisotopic (exact) mass is 358 g/mol. The number of ether oxygens (including phenoxy) is 2. The number of benzene rings is 2. The van der Waals surface area contributed by atoms with Gasteiger partial charge < -0.3 is 14.6 Å². The van der Waals surface area contributed by atoms with Crippen LogP contribution >= 0.6 is 15.9 Å². The molecule has 0 bridgehead atoms. The van der Waals surface area contributed by atoms with E-state index in [0.717, 1.165) is 12.1 Å². The van der Waals surface area contributed by atoms with Gasteiger partial charge in [-0.25, -0.2) is 8.78 Å². The molecular formula is C15H13BrF2O3. The van der Waals surface area contributed by atoms with Gasteiger partial charge in [0.1, 0.15) is 29.2 Å². The Kier molecular flexibility index (Phi) is 4.80. The summed E-state index contributed by atoms with van der Waals surface area (Å²) in [6.45, 7) is 0. The zero-order valence-corrected chi connectivity index (χ0v) is 12.9. The van der Waals surface area contributed by atoms with Crippen LogP contribution in [-0.4, -0.2) is 19.3 Å². The van der Waals surface area contributed by atoms with Gasteiger partial charge in [-0.1, -0.05) is 6.07 Å². The highest BCUT2D eigenvalue weighted by atomic mass is 79.9. The van der Waals surface area contributed by atoms with E-state index in [1.807, 2.05) is 0 Å². The third-order valence-corrected chi connectivity index (χ3v) is 3.68. The summed E-state index contributed by atoms with van der Waals surface area (Å²) in [5.41, 5.74) is 0.0432. The second-order valence-corrected chi connectivity index (χ2v) is 5.12. The Labute approximate surface area is 129 Å². The predicted molar refractivity (Wildman–Crippen MR) is 77.7 cm³/mol. The van der Waals surface area contributed by atoms with Crippen molar-refractivity contribution >= 4 is 15.9 Å². The Morgan fingerprint density at radius 3 is 2.14 bits per heavy atom. The normalized spacial score (nSPS) is 12.1. The number of halogens is 3. The first-order valence-corrected chi connectivity index (χ1v) is 6.82. The van der Waals surface area contributed by atoms with Crippen LogP contribution in [0.3, 0.4) is 0 Å².